The number of carbonyl (C=O) groups excluding carboxylic acids is 1. The molecule has 2 aromatic carbocycles. The van der Waals surface area contributed by atoms with Crippen molar-refractivity contribution in [3.05, 3.63) is 69.8 Å². The molecule has 0 aliphatic carbocycles. The molecule has 0 radical (unpaired) electrons. The van der Waals surface area contributed by atoms with Crippen molar-refractivity contribution in [3.63, 3.8) is 0 Å². The Morgan fingerprint density at radius 1 is 1.14 bits per heavy atom. The number of aliphatic carboxylic acids is 1. The molecule has 0 bridgehead atoms. The van der Waals surface area contributed by atoms with Crippen molar-refractivity contribution in [3.8, 4) is 0 Å². The third kappa shape index (κ3) is 5.31. The third-order valence-electron chi connectivity index (χ3n) is 5.13. The summed E-state index contributed by atoms with van der Waals surface area (Å²) in [4.78, 5) is 36.2. The summed E-state index contributed by atoms with van der Waals surface area (Å²) in [7, 11) is 0. The summed E-state index contributed by atoms with van der Waals surface area (Å²) in [6.45, 7) is 1.35. The van der Waals surface area contributed by atoms with Gasteiger partial charge in [-0.2, -0.15) is 0 Å². The maximum atomic E-state index is 12.8. The second kappa shape index (κ2) is 9.18. The zero-order valence-corrected chi connectivity index (χ0v) is 15.9. The van der Waals surface area contributed by atoms with Crippen LogP contribution in [0.3, 0.4) is 0 Å². The molecule has 3 rings (SSSR count). The molecule has 0 unspecified atom stereocenters. The van der Waals surface area contributed by atoms with E-state index in [0.29, 0.717) is 38.2 Å². The van der Waals surface area contributed by atoms with Crippen molar-refractivity contribution < 1.29 is 19.6 Å². The van der Waals surface area contributed by atoms with Gasteiger partial charge in [0.15, 0.2) is 0 Å². The van der Waals surface area contributed by atoms with Gasteiger partial charge in [0.2, 0.25) is 0 Å². The first-order chi connectivity index (χ1) is 13.9. The fraction of sp³-hybridized carbons (Fsp3) is 0.333. The number of hydrogen-bond acceptors (Lipinski definition) is 5. The summed E-state index contributed by atoms with van der Waals surface area (Å²) in [6.07, 6.45) is 1.35. The fourth-order valence-electron chi connectivity index (χ4n) is 3.53. The normalized spacial score (nSPS) is 14.4. The number of nitro benzene ring substituents is 1. The van der Waals surface area contributed by atoms with Crippen LogP contribution in [0.5, 0.6) is 0 Å². The highest BCUT2D eigenvalue weighted by Gasteiger charge is 2.26. The molecule has 2 N–H and O–H groups in total. The van der Waals surface area contributed by atoms with Gasteiger partial charge in [-0.1, -0.05) is 30.3 Å². The molecule has 1 heterocycles. The lowest BCUT2D eigenvalue weighted by Gasteiger charge is -2.31. The van der Waals surface area contributed by atoms with Crippen LogP contribution in [0.4, 0.5) is 11.4 Å². The minimum absolute atomic E-state index is 0.0652. The maximum Gasteiger partial charge on any atom is 0.303 e. The number of rotatable bonds is 7. The number of likely N-dealkylation sites (tertiary alicyclic amines) is 1. The number of nitrogens with one attached hydrogen (secondary N) is 1. The standard InChI is InChI=1S/C21H23N3O5/c25-20(26)12-15-8-10-23(11-9-15)21(27)17-6-7-18(19(13-17)24(28)29)22-14-16-4-2-1-3-5-16/h1-7,13,15,22H,8-12,14H2,(H,25,26). The van der Waals surface area contributed by atoms with E-state index in [0.717, 1.165) is 5.56 Å². The van der Waals surface area contributed by atoms with Gasteiger partial charge < -0.3 is 15.3 Å². The Morgan fingerprint density at radius 2 is 1.83 bits per heavy atom. The van der Waals surface area contributed by atoms with E-state index >= 15 is 0 Å². The van der Waals surface area contributed by atoms with Gasteiger partial charge >= 0.3 is 5.97 Å². The van der Waals surface area contributed by atoms with Gasteiger partial charge in [0, 0.05) is 37.7 Å². The van der Waals surface area contributed by atoms with E-state index in [4.69, 9.17) is 5.11 Å². The topological polar surface area (TPSA) is 113 Å². The minimum Gasteiger partial charge on any atom is -0.481 e. The first kappa shape index (κ1) is 20.3. The van der Waals surface area contributed by atoms with Crippen molar-refractivity contribution in [1.29, 1.82) is 0 Å². The summed E-state index contributed by atoms with van der Waals surface area (Å²) >= 11 is 0. The number of amides is 1. The summed E-state index contributed by atoms with van der Waals surface area (Å²) in [5.74, 6) is -1.03. The lowest BCUT2D eigenvalue weighted by molar-refractivity contribution is -0.384. The Labute approximate surface area is 168 Å². The number of benzene rings is 2. The summed E-state index contributed by atoms with van der Waals surface area (Å²) in [6, 6.07) is 14.0. The molecule has 1 amide bonds. The molecule has 0 spiro atoms. The summed E-state index contributed by atoms with van der Waals surface area (Å²) in [5, 5.41) is 23.5. The SMILES string of the molecule is O=C(O)CC1CCN(C(=O)c2ccc(NCc3ccccc3)c([N+](=O)[O-])c2)CC1. The van der Waals surface area contributed by atoms with E-state index in [1.54, 1.807) is 17.0 Å². The summed E-state index contributed by atoms with van der Waals surface area (Å²) in [5.41, 5.74) is 1.47. The molecule has 0 aromatic heterocycles. The highest BCUT2D eigenvalue weighted by Crippen LogP contribution is 2.28. The first-order valence-corrected chi connectivity index (χ1v) is 9.51. The van der Waals surface area contributed by atoms with E-state index in [1.165, 1.54) is 6.07 Å². The molecule has 1 saturated heterocycles. The number of anilines is 1. The third-order valence-corrected chi connectivity index (χ3v) is 5.13. The van der Waals surface area contributed by atoms with Crippen LogP contribution in [0.2, 0.25) is 0 Å². The second-order valence-electron chi connectivity index (χ2n) is 7.16. The molecular formula is C21H23N3O5. The summed E-state index contributed by atoms with van der Waals surface area (Å²) < 4.78 is 0. The molecule has 152 valence electrons. The smallest absolute Gasteiger partial charge is 0.303 e. The molecule has 29 heavy (non-hydrogen) atoms. The van der Waals surface area contributed by atoms with Crippen molar-refractivity contribution in [2.24, 2.45) is 5.92 Å². The van der Waals surface area contributed by atoms with Crippen molar-refractivity contribution in [1.82, 2.24) is 4.90 Å². The minimum atomic E-state index is -0.830. The van der Waals surface area contributed by atoms with Gasteiger partial charge in [-0.3, -0.25) is 19.7 Å². The highest BCUT2D eigenvalue weighted by atomic mass is 16.6. The maximum absolute atomic E-state index is 12.8. The van der Waals surface area contributed by atoms with E-state index in [-0.39, 0.29) is 29.5 Å². The predicted molar refractivity (Wildman–Crippen MR) is 108 cm³/mol. The Balaban J connectivity index is 1.68. The Kier molecular flexibility index (Phi) is 6.43. The molecule has 0 saturated carbocycles. The van der Waals surface area contributed by atoms with Crippen molar-refractivity contribution in [2.75, 3.05) is 18.4 Å². The van der Waals surface area contributed by atoms with Gasteiger partial charge in [0.25, 0.3) is 11.6 Å². The van der Waals surface area contributed by atoms with Crippen molar-refractivity contribution in [2.45, 2.75) is 25.8 Å². The number of hydrogen-bond donors (Lipinski definition) is 2. The van der Waals surface area contributed by atoms with E-state index < -0.39 is 10.9 Å². The highest BCUT2D eigenvalue weighted by molar-refractivity contribution is 5.95. The van der Waals surface area contributed by atoms with Gasteiger partial charge in [0.05, 0.1) is 4.92 Å². The van der Waals surface area contributed by atoms with Crippen LogP contribution in [-0.2, 0) is 11.3 Å². The number of carboxylic acid groups (broad SMARTS) is 1. The lowest BCUT2D eigenvalue weighted by Crippen LogP contribution is -2.38. The Bertz CT molecular complexity index is 892. The zero-order chi connectivity index (χ0) is 20.8. The first-order valence-electron chi connectivity index (χ1n) is 9.51. The van der Waals surface area contributed by atoms with Crippen LogP contribution >= 0.6 is 0 Å². The number of nitrogens with zero attached hydrogens (tertiary/aromatic N) is 2. The molecule has 1 fully saturated rings. The Hall–Kier alpha value is -3.42. The van der Waals surface area contributed by atoms with Gasteiger partial charge in [0.1, 0.15) is 5.69 Å². The monoisotopic (exact) mass is 397 g/mol. The molecule has 0 atom stereocenters. The van der Waals surface area contributed by atoms with Gasteiger partial charge in [-0.25, -0.2) is 0 Å². The number of nitro groups is 1. The average molecular weight is 397 g/mol. The number of carbonyl (C=O) groups is 2. The van der Waals surface area contributed by atoms with Gasteiger partial charge in [-0.15, -0.1) is 0 Å². The van der Waals surface area contributed by atoms with Crippen LogP contribution in [0.15, 0.2) is 48.5 Å². The molecule has 2 aromatic rings. The van der Waals surface area contributed by atoms with Crippen LogP contribution in [0.25, 0.3) is 0 Å². The molecule has 8 heteroatoms. The van der Waals surface area contributed by atoms with Gasteiger partial charge in [-0.05, 0) is 36.5 Å². The van der Waals surface area contributed by atoms with E-state index in [2.05, 4.69) is 5.32 Å². The molecule has 8 nitrogen and oxygen atoms in total. The average Bonchev–Trinajstić information content (AvgIpc) is 2.72. The van der Waals surface area contributed by atoms with E-state index in [1.807, 2.05) is 30.3 Å². The molecule has 1 aliphatic heterocycles. The number of carboxylic acids is 1. The van der Waals surface area contributed by atoms with Crippen molar-refractivity contribution >= 4 is 23.3 Å². The van der Waals surface area contributed by atoms with Crippen LogP contribution < -0.4 is 5.32 Å². The van der Waals surface area contributed by atoms with Crippen LogP contribution in [-0.4, -0.2) is 39.9 Å². The van der Waals surface area contributed by atoms with E-state index in [9.17, 15) is 19.7 Å². The largest absolute Gasteiger partial charge is 0.481 e. The fourth-order valence-corrected chi connectivity index (χ4v) is 3.53. The van der Waals surface area contributed by atoms with Crippen LogP contribution in [0, 0.1) is 16.0 Å². The molecule has 1 aliphatic rings. The predicted octanol–water partition coefficient (Wildman–Crippen LogP) is 3.53. The van der Waals surface area contributed by atoms with Crippen LogP contribution in [0.1, 0.15) is 35.2 Å². The quantitative estimate of drug-likeness (QED) is 0.546. The second-order valence-corrected chi connectivity index (χ2v) is 7.16. The lowest BCUT2D eigenvalue weighted by atomic mass is 9.93. The number of piperidine rings is 1. The Morgan fingerprint density at radius 3 is 2.45 bits per heavy atom. The zero-order valence-electron chi connectivity index (χ0n) is 15.9. The molecular weight excluding hydrogens is 374 g/mol.